The van der Waals surface area contributed by atoms with Crippen molar-refractivity contribution in [2.24, 2.45) is 0 Å². The minimum atomic E-state index is -0.0853. The average Bonchev–Trinajstić information content (AvgIpc) is 3.39. The van der Waals surface area contributed by atoms with Crippen molar-refractivity contribution in [3.63, 3.8) is 0 Å². The van der Waals surface area contributed by atoms with E-state index in [-0.39, 0.29) is 5.56 Å². The summed E-state index contributed by atoms with van der Waals surface area (Å²) in [7, 11) is 3.17. The highest BCUT2D eigenvalue weighted by Crippen LogP contribution is 2.32. The maximum Gasteiger partial charge on any atom is 0.262 e. The van der Waals surface area contributed by atoms with E-state index < -0.39 is 0 Å². The van der Waals surface area contributed by atoms with Gasteiger partial charge in [0.1, 0.15) is 11.5 Å². The molecule has 5 aromatic rings. The number of ether oxygens (including phenoxy) is 2. The fourth-order valence-electron chi connectivity index (χ4n) is 3.81. The van der Waals surface area contributed by atoms with E-state index in [1.54, 1.807) is 30.9 Å². The second-order valence-electron chi connectivity index (χ2n) is 8.16. The quantitative estimate of drug-likeness (QED) is 0.214. The van der Waals surface area contributed by atoms with Crippen molar-refractivity contribution in [1.82, 2.24) is 19.7 Å². The Kier molecular flexibility index (Phi) is 6.73. The Hall–Kier alpha value is -4.11. The van der Waals surface area contributed by atoms with Crippen molar-refractivity contribution in [2.45, 2.75) is 24.4 Å². The zero-order chi connectivity index (χ0) is 25.1. The summed E-state index contributed by atoms with van der Waals surface area (Å²) in [6, 6.07) is 20.9. The molecule has 0 aliphatic heterocycles. The molecule has 5 rings (SSSR count). The van der Waals surface area contributed by atoms with Gasteiger partial charge >= 0.3 is 0 Å². The predicted octanol–water partition coefficient (Wildman–Crippen LogP) is 5.11. The van der Waals surface area contributed by atoms with Gasteiger partial charge in [0.2, 0.25) is 11.7 Å². The number of para-hydroxylation sites is 1. The van der Waals surface area contributed by atoms with Gasteiger partial charge in [0.15, 0.2) is 5.16 Å². The molecule has 0 radical (unpaired) electrons. The van der Waals surface area contributed by atoms with Crippen LogP contribution in [0, 0.1) is 6.92 Å². The second kappa shape index (κ2) is 10.2. The van der Waals surface area contributed by atoms with E-state index in [1.807, 2.05) is 61.5 Å². The first-order valence-electron chi connectivity index (χ1n) is 11.3. The third-order valence-corrected chi connectivity index (χ3v) is 6.69. The second-order valence-corrected chi connectivity index (χ2v) is 9.10. The van der Waals surface area contributed by atoms with Gasteiger partial charge in [0.25, 0.3) is 5.56 Å². The summed E-state index contributed by atoms with van der Waals surface area (Å²) in [5, 5.41) is 5.29. The molecule has 8 nitrogen and oxygen atoms in total. The summed E-state index contributed by atoms with van der Waals surface area (Å²) < 4.78 is 17.9. The molecule has 2 aromatic heterocycles. The van der Waals surface area contributed by atoms with Gasteiger partial charge in [-0.05, 0) is 36.8 Å². The van der Waals surface area contributed by atoms with Gasteiger partial charge in [0.05, 0.1) is 43.0 Å². The van der Waals surface area contributed by atoms with Crippen LogP contribution in [0.15, 0.2) is 81.2 Å². The van der Waals surface area contributed by atoms with Gasteiger partial charge in [-0.1, -0.05) is 58.9 Å². The first-order valence-corrected chi connectivity index (χ1v) is 12.3. The Morgan fingerprint density at radius 1 is 0.972 bits per heavy atom. The van der Waals surface area contributed by atoms with E-state index in [4.69, 9.17) is 19.0 Å². The molecule has 182 valence electrons. The van der Waals surface area contributed by atoms with Crippen LogP contribution < -0.4 is 15.0 Å². The number of fused-ring (bicyclic) bond motifs is 1. The van der Waals surface area contributed by atoms with E-state index in [2.05, 4.69) is 10.1 Å². The van der Waals surface area contributed by atoms with Gasteiger partial charge in [0, 0.05) is 6.07 Å². The predicted molar refractivity (Wildman–Crippen MR) is 139 cm³/mol. The van der Waals surface area contributed by atoms with Crippen LogP contribution in [-0.2, 0) is 12.3 Å². The Morgan fingerprint density at radius 2 is 1.78 bits per heavy atom. The number of aromatic nitrogens is 4. The number of thioether (sulfide) groups is 1. The molecule has 0 N–H and O–H groups in total. The zero-order valence-corrected chi connectivity index (χ0v) is 20.9. The molecule has 0 saturated carbocycles. The highest BCUT2D eigenvalue weighted by Gasteiger charge is 2.17. The van der Waals surface area contributed by atoms with E-state index in [0.29, 0.717) is 57.1 Å². The lowest BCUT2D eigenvalue weighted by Gasteiger charge is -2.13. The molecule has 0 aliphatic carbocycles. The summed E-state index contributed by atoms with van der Waals surface area (Å²) in [4.78, 5) is 22.7. The van der Waals surface area contributed by atoms with Crippen LogP contribution in [0.25, 0.3) is 22.3 Å². The summed E-state index contributed by atoms with van der Waals surface area (Å²) in [6.45, 7) is 2.45. The van der Waals surface area contributed by atoms with Crippen LogP contribution in [0.1, 0.15) is 17.0 Å². The number of hydrogen-bond donors (Lipinski definition) is 0. The molecule has 9 heteroatoms. The van der Waals surface area contributed by atoms with Crippen LogP contribution in [-0.4, -0.2) is 33.9 Å². The molecule has 0 unspecified atom stereocenters. The maximum atomic E-state index is 13.4. The minimum absolute atomic E-state index is 0.0853. The van der Waals surface area contributed by atoms with Crippen molar-refractivity contribution >= 4 is 22.7 Å². The van der Waals surface area contributed by atoms with Crippen molar-refractivity contribution in [2.75, 3.05) is 14.2 Å². The third kappa shape index (κ3) is 4.83. The van der Waals surface area contributed by atoms with Gasteiger partial charge in [-0.2, -0.15) is 4.98 Å². The van der Waals surface area contributed by atoms with Crippen molar-refractivity contribution in [3.8, 4) is 22.9 Å². The molecule has 3 aromatic carbocycles. The van der Waals surface area contributed by atoms with Crippen LogP contribution in [0.3, 0.4) is 0 Å². The van der Waals surface area contributed by atoms with Crippen LogP contribution in [0.2, 0.25) is 0 Å². The Labute approximate surface area is 211 Å². The first kappa shape index (κ1) is 23.6. The monoisotopic (exact) mass is 500 g/mol. The number of nitrogens with zero attached hydrogens (tertiary/aromatic N) is 4. The maximum absolute atomic E-state index is 13.4. The highest BCUT2D eigenvalue weighted by atomic mass is 32.2. The first-order chi connectivity index (χ1) is 17.6. The molecular formula is C27H24N4O4S. The van der Waals surface area contributed by atoms with Crippen LogP contribution in [0.5, 0.6) is 11.5 Å². The SMILES string of the molecule is COc1ccc(-c2noc(CSc3nc4ccccc4c(=O)n3Cc3ccc(C)cc3)n2)c(OC)c1. The fourth-order valence-corrected chi connectivity index (χ4v) is 4.64. The molecule has 0 amide bonds. The number of rotatable bonds is 8. The molecule has 0 bridgehead atoms. The smallest absolute Gasteiger partial charge is 0.262 e. The normalized spacial score (nSPS) is 11.1. The lowest BCUT2D eigenvalue weighted by Crippen LogP contribution is -2.24. The molecule has 0 aliphatic rings. The Bertz CT molecular complexity index is 1580. The summed E-state index contributed by atoms with van der Waals surface area (Å²) >= 11 is 1.38. The van der Waals surface area contributed by atoms with Crippen LogP contribution in [0.4, 0.5) is 0 Å². The molecule has 36 heavy (non-hydrogen) atoms. The topological polar surface area (TPSA) is 92.3 Å². The summed E-state index contributed by atoms with van der Waals surface area (Å²) in [5.41, 5.74) is 3.45. The van der Waals surface area contributed by atoms with Crippen molar-refractivity contribution in [1.29, 1.82) is 0 Å². The molecule has 0 fully saturated rings. The van der Waals surface area contributed by atoms with Crippen LogP contribution >= 0.6 is 11.8 Å². The van der Waals surface area contributed by atoms with Gasteiger partial charge in [-0.15, -0.1) is 0 Å². The van der Waals surface area contributed by atoms with Gasteiger partial charge < -0.3 is 14.0 Å². The Morgan fingerprint density at radius 3 is 2.56 bits per heavy atom. The summed E-state index contributed by atoms with van der Waals surface area (Å²) in [5.74, 6) is 2.43. The number of methoxy groups -OCH3 is 2. The number of aryl methyl sites for hydroxylation is 1. The lowest BCUT2D eigenvalue weighted by atomic mass is 10.1. The van der Waals surface area contributed by atoms with Crippen molar-refractivity contribution < 1.29 is 14.0 Å². The number of benzene rings is 3. The molecule has 0 spiro atoms. The molecule has 0 saturated heterocycles. The van der Waals surface area contributed by atoms with Crippen molar-refractivity contribution in [3.05, 3.63) is 94.1 Å². The lowest BCUT2D eigenvalue weighted by molar-refractivity contribution is 0.388. The fraction of sp³-hybridized carbons (Fsp3) is 0.185. The van der Waals surface area contributed by atoms with E-state index in [1.165, 1.54) is 11.8 Å². The highest BCUT2D eigenvalue weighted by molar-refractivity contribution is 7.98. The van der Waals surface area contributed by atoms with E-state index in [9.17, 15) is 4.79 Å². The van der Waals surface area contributed by atoms with Gasteiger partial charge in [-0.3, -0.25) is 9.36 Å². The molecule has 0 atom stereocenters. The standard InChI is InChI=1S/C27H24N4O4S/c1-17-8-10-18(11-9-17)15-31-26(32)20-6-4-5-7-22(20)28-27(31)36-16-24-29-25(30-35-24)21-13-12-19(33-2)14-23(21)34-3/h4-14H,15-16H2,1-3H3. The zero-order valence-electron chi connectivity index (χ0n) is 20.1. The van der Waals surface area contributed by atoms with E-state index >= 15 is 0 Å². The average molecular weight is 501 g/mol. The Balaban J connectivity index is 1.44. The molecule has 2 heterocycles. The minimum Gasteiger partial charge on any atom is -0.497 e. The summed E-state index contributed by atoms with van der Waals surface area (Å²) in [6.07, 6.45) is 0. The largest absolute Gasteiger partial charge is 0.497 e. The number of hydrogen-bond acceptors (Lipinski definition) is 8. The molecular weight excluding hydrogens is 476 g/mol. The third-order valence-electron chi connectivity index (χ3n) is 5.73. The van der Waals surface area contributed by atoms with E-state index in [0.717, 1.165) is 11.1 Å². The van der Waals surface area contributed by atoms with Gasteiger partial charge in [-0.25, -0.2) is 4.98 Å².